The number of hydrogen-bond donors (Lipinski definition) is 4. The minimum absolute atomic E-state index is 0.0306. The topological polar surface area (TPSA) is 125 Å². The molecule has 0 aliphatic carbocycles. The summed E-state index contributed by atoms with van der Waals surface area (Å²) >= 11 is 1.41. The Kier molecular flexibility index (Phi) is 3.90. The van der Waals surface area contributed by atoms with Crippen molar-refractivity contribution >= 4 is 39.2 Å². The summed E-state index contributed by atoms with van der Waals surface area (Å²) in [6, 6.07) is 8.73. The Bertz CT molecular complexity index is 889. The van der Waals surface area contributed by atoms with Crippen molar-refractivity contribution in [1.29, 1.82) is 5.41 Å². The van der Waals surface area contributed by atoms with Crippen molar-refractivity contribution in [2.24, 2.45) is 5.73 Å². The lowest BCUT2D eigenvalue weighted by Gasteiger charge is -2.05. The van der Waals surface area contributed by atoms with Crippen LogP contribution in [0.25, 0.3) is 10.3 Å². The van der Waals surface area contributed by atoms with Gasteiger partial charge in [-0.3, -0.25) is 5.41 Å². The highest BCUT2D eigenvalue weighted by Crippen LogP contribution is 2.22. The van der Waals surface area contributed by atoms with Gasteiger partial charge in [-0.1, -0.05) is 11.3 Å². The van der Waals surface area contributed by atoms with Crippen LogP contribution in [0.3, 0.4) is 0 Å². The van der Waals surface area contributed by atoms with Crippen LogP contribution >= 0.6 is 11.3 Å². The van der Waals surface area contributed by atoms with E-state index in [9.17, 15) is 4.79 Å². The molecule has 0 aliphatic heterocycles. The van der Waals surface area contributed by atoms with Crippen molar-refractivity contribution < 1.29 is 9.90 Å². The molecule has 0 saturated carbocycles. The highest BCUT2D eigenvalue weighted by atomic mass is 32.1. The second-order valence-electron chi connectivity index (χ2n) is 4.81. The van der Waals surface area contributed by atoms with Crippen LogP contribution in [0, 0.1) is 5.41 Å². The van der Waals surface area contributed by atoms with E-state index in [2.05, 4.69) is 15.3 Å². The minimum Gasteiger partial charge on any atom is -0.478 e. The second-order valence-corrected chi connectivity index (χ2v) is 5.87. The summed E-state index contributed by atoms with van der Waals surface area (Å²) in [5, 5.41) is 20.3. The maximum atomic E-state index is 10.9. The molecule has 2 heterocycles. The number of pyridine rings is 1. The van der Waals surface area contributed by atoms with Gasteiger partial charge in [-0.15, -0.1) is 0 Å². The van der Waals surface area contributed by atoms with E-state index in [1.54, 1.807) is 12.1 Å². The largest absolute Gasteiger partial charge is 0.478 e. The predicted octanol–water partition coefficient (Wildman–Crippen LogP) is 2.29. The smallest absolute Gasteiger partial charge is 0.337 e. The average Bonchev–Trinajstić information content (AvgIpc) is 2.95. The van der Waals surface area contributed by atoms with E-state index in [4.69, 9.17) is 16.2 Å². The van der Waals surface area contributed by atoms with E-state index in [-0.39, 0.29) is 11.4 Å². The zero-order valence-corrected chi connectivity index (χ0v) is 12.7. The van der Waals surface area contributed by atoms with Gasteiger partial charge in [0, 0.05) is 17.4 Å². The Labute approximate surface area is 135 Å². The van der Waals surface area contributed by atoms with Crippen molar-refractivity contribution in [3.63, 3.8) is 0 Å². The first-order valence-electron chi connectivity index (χ1n) is 6.70. The van der Waals surface area contributed by atoms with Gasteiger partial charge in [0.2, 0.25) is 0 Å². The summed E-state index contributed by atoms with van der Waals surface area (Å²) in [7, 11) is 0. The number of fused-ring (bicyclic) bond motifs is 1. The third kappa shape index (κ3) is 3.27. The fourth-order valence-corrected chi connectivity index (χ4v) is 2.83. The maximum absolute atomic E-state index is 10.9. The van der Waals surface area contributed by atoms with Gasteiger partial charge in [-0.05, 0) is 30.3 Å². The first-order valence-corrected chi connectivity index (χ1v) is 7.51. The Hall–Kier alpha value is -3.00. The van der Waals surface area contributed by atoms with Crippen molar-refractivity contribution in [3.05, 3.63) is 52.7 Å². The van der Waals surface area contributed by atoms with E-state index >= 15 is 0 Å². The molecule has 7 nitrogen and oxygen atoms in total. The molecule has 23 heavy (non-hydrogen) atoms. The fourth-order valence-electron chi connectivity index (χ4n) is 2.01. The molecule has 5 N–H and O–H groups in total. The Morgan fingerprint density at radius 2 is 2.04 bits per heavy atom. The van der Waals surface area contributed by atoms with E-state index < -0.39 is 5.97 Å². The third-order valence-electron chi connectivity index (χ3n) is 3.18. The number of anilines is 1. The number of carboxylic acid groups (broad SMARTS) is 1. The molecule has 0 saturated heterocycles. The zero-order valence-electron chi connectivity index (χ0n) is 11.9. The minimum atomic E-state index is -1.02. The van der Waals surface area contributed by atoms with Crippen molar-refractivity contribution in [3.8, 4) is 0 Å². The van der Waals surface area contributed by atoms with Gasteiger partial charge in [0.1, 0.15) is 21.2 Å². The van der Waals surface area contributed by atoms with E-state index in [0.717, 1.165) is 10.7 Å². The average molecular weight is 327 g/mol. The molecule has 2 aromatic heterocycles. The molecule has 116 valence electrons. The highest BCUT2D eigenvalue weighted by Gasteiger charge is 2.09. The van der Waals surface area contributed by atoms with Crippen molar-refractivity contribution in [2.45, 2.75) is 6.54 Å². The van der Waals surface area contributed by atoms with Crippen LogP contribution in [0.5, 0.6) is 0 Å². The summed E-state index contributed by atoms with van der Waals surface area (Å²) in [5.74, 6) is -0.985. The normalized spacial score (nSPS) is 10.6. The summed E-state index contributed by atoms with van der Waals surface area (Å²) in [5.41, 5.74) is 7.67. The number of rotatable bonds is 5. The number of nitrogens with two attached hydrogens (primary N) is 1. The van der Waals surface area contributed by atoms with Gasteiger partial charge >= 0.3 is 5.97 Å². The lowest BCUT2D eigenvalue weighted by Crippen LogP contribution is -2.10. The molecule has 0 radical (unpaired) electrons. The van der Waals surface area contributed by atoms with Crippen LogP contribution in [0.1, 0.15) is 20.9 Å². The molecular formula is C15H13N5O2S. The molecule has 0 atom stereocenters. The molecule has 0 unspecified atom stereocenters. The van der Waals surface area contributed by atoms with Gasteiger partial charge < -0.3 is 16.2 Å². The maximum Gasteiger partial charge on any atom is 0.337 e. The summed E-state index contributed by atoms with van der Waals surface area (Å²) in [4.78, 5) is 20.2. The van der Waals surface area contributed by atoms with Crippen LogP contribution in [0.2, 0.25) is 0 Å². The molecular weight excluding hydrogens is 314 g/mol. The number of nitrogen functional groups attached to an aromatic ring is 1. The summed E-state index contributed by atoms with van der Waals surface area (Å²) in [6.45, 7) is 0.503. The quantitative estimate of drug-likeness (QED) is 0.421. The van der Waals surface area contributed by atoms with Crippen LogP contribution < -0.4 is 11.1 Å². The first kappa shape index (κ1) is 14.9. The van der Waals surface area contributed by atoms with Crippen molar-refractivity contribution in [1.82, 2.24) is 9.97 Å². The number of aromatic nitrogens is 2. The summed E-state index contributed by atoms with van der Waals surface area (Å²) in [6.07, 6.45) is 1.33. The van der Waals surface area contributed by atoms with Gasteiger partial charge in [0.15, 0.2) is 0 Å². The number of amidine groups is 1. The van der Waals surface area contributed by atoms with Crippen LogP contribution in [-0.4, -0.2) is 26.9 Å². The molecule has 8 heteroatoms. The number of aromatic carboxylic acids is 1. The Morgan fingerprint density at radius 3 is 2.70 bits per heavy atom. The van der Waals surface area contributed by atoms with Crippen LogP contribution in [-0.2, 0) is 6.54 Å². The molecule has 1 aromatic carbocycles. The van der Waals surface area contributed by atoms with Crippen molar-refractivity contribution in [2.75, 3.05) is 5.32 Å². The van der Waals surface area contributed by atoms with Gasteiger partial charge in [-0.2, -0.15) is 0 Å². The van der Waals surface area contributed by atoms with Crippen LogP contribution in [0.15, 0.2) is 36.5 Å². The monoisotopic (exact) mass is 327 g/mol. The number of carbonyl (C=O) groups is 1. The fraction of sp³-hybridized carbons (Fsp3) is 0.0667. The molecule has 3 rings (SSSR count). The van der Waals surface area contributed by atoms with Gasteiger partial charge in [-0.25, -0.2) is 14.8 Å². The molecule has 0 aliphatic rings. The lowest BCUT2D eigenvalue weighted by molar-refractivity contribution is 0.0696. The number of carboxylic acids is 1. The number of benzene rings is 1. The van der Waals surface area contributed by atoms with Gasteiger partial charge in [0.25, 0.3) is 0 Å². The van der Waals surface area contributed by atoms with E-state index in [1.165, 1.54) is 23.6 Å². The van der Waals surface area contributed by atoms with Gasteiger partial charge in [0.05, 0.1) is 12.1 Å². The second kappa shape index (κ2) is 6.01. The number of hydrogen-bond acceptors (Lipinski definition) is 6. The standard InChI is InChI=1S/C15H13N5O2S/c16-13(17)8-1-3-10(4-2-8)18-7-12-20-11-5-9(15(21)22)6-19-14(11)23-12/h1-6,18H,7H2,(H3,16,17)(H,21,22). The van der Waals surface area contributed by atoms with E-state index in [0.29, 0.717) is 22.5 Å². The lowest BCUT2D eigenvalue weighted by atomic mass is 10.2. The molecule has 0 bridgehead atoms. The van der Waals surface area contributed by atoms with E-state index in [1.807, 2.05) is 12.1 Å². The Morgan fingerprint density at radius 1 is 1.30 bits per heavy atom. The number of nitrogens with one attached hydrogen (secondary N) is 2. The SMILES string of the molecule is N=C(N)c1ccc(NCc2nc3cc(C(=O)O)cnc3s2)cc1. The highest BCUT2D eigenvalue weighted by molar-refractivity contribution is 7.18. The first-order chi connectivity index (χ1) is 11.0. The third-order valence-corrected chi connectivity index (χ3v) is 4.16. The number of nitrogens with zero attached hydrogens (tertiary/aromatic N) is 2. The van der Waals surface area contributed by atoms with Crippen LogP contribution in [0.4, 0.5) is 5.69 Å². The zero-order chi connectivity index (χ0) is 16.4. The molecule has 3 aromatic rings. The summed E-state index contributed by atoms with van der Waals surface area (Å²) < 4.78 is 0. The molecule has 0 amide bonds. The predicted molar refractivity (Wildman–Crippen MR) is 89.2 cm³/mol. The molecule has 0 spiro atoms. The molecule has 0 fully saturated rings. The number of thiazole rings is 1. The Balaban J connectivity index is 1.74.